The Balaban J connectivity index is 1.65. The number of amides is 1. The zero-order chi connectivity index (χ0) is 18.7. The lowest BCUT2D eigenvalue weighted by Crippen LogP contribution is -2.35. The fourth-order valence-electron chi connectivity index (χ4n) is 3.15. The van der Waals surface area contributed by atoms with E-state index in [1.807, 2.05) is 26.0 Å². The molecule has 0 unspecified atom stereocenters. The second-order valence-electron chi connectivity index (χ2n) is 7.23. The minimum atomic E-state index is -0.00850. The van der Waals surface area contributed by atoms with Crippen molar-refractivity contribution < 1.29 is 9.53 Å². The third-order valence-corrected chi connectivity index (χ3v) is 4.91. The molecule has 1 aliphatic heterocycles. The first-order valence-corrected chi connectivity index (χ1v) is 9.33. The van der Waals surface area contributed by atoms with Crippen molar-refractivity contribution in [3.05, 3.63) is 41.3 Å². The summed E-state index contributed by atoms with van der Waals surface area (Å²) in [4.78, 5) is 21.0. The van der Waals surface area contributed by atoms with E-state index in [-0.39, 0.29) is 12.0 Å². The van der Waals surface area contributed by atoms with E-state index in [0.717, 1.165) is 46.8 Å². The average Bonchev–Trinajstić information content (AvgIpc) is 3.04. The molecule has 3 rings (SSSR count). The molecule has 5 heteroatoms. The summed E-state index contributed by atoms with van der Waals surface area (Å²) in [7, 11) is 0. The molecular formula is C21H27N3O2. The normalized spacial score (nSPS) is 16.7. The van der Waals surface area contributed by atoms with Crippen LogP contribution in [0.25, 0.3) is 11.3 Å². The van der Waals surface area contributed by atoms with Gasteiger partial charge in [-0.2, -0.15) is 0 Å². The number of nitrogens with zero attached hydrogens (tertiary/aromatic N) is 2. The molecule has 1 aromatic carbocycles. The molecule has 1 N–H and O–H groups in total. The third-order valence-electron chi connectivity index (χ3n) is 4.91. The van der Waals surface area contributed by atoms with Gasteiger partial charge in [0, 0.05) is 24.6 Å². The van der Waals surface area contributed by atoms with Crippen LogP contribution < -0.4 is 10.1 Å². The third kappa shape index (κ3) is 4.21. The van der Waals surface area contributed by atoms with Gasteiger partial charge >= 0.3 is 0 Å². The monoisotopic (exact) mass is 353 g/mol. The summed E-state index contributed by atoms with van der Waals surface area (Å²) >= 11 is 0. The zero-order valence-electron chi connectivity index (χ0n) is 16.0. The first kappa shape index (κ1) is 18.4. The number of benzene rings is 1. The van der Waals surface area contributed by atoms with E-state index < -0.39 is 0 Å². The highest BCUT2D eigenvalue weighted by molar-refractivity contribution is 5.76. The molecule has 0 aliphatic carbocycles. The van der Waals surface area contributed by atoms with Crippen molar-refractivity contribution in [3.8, 4) is 17.0 Å². The van der Waals surface area contributed by atoms with Crippen LogP contribution in [-0.4, -0.2) is 28.5 Å². The largest absolute Gasteiger partial charge is 0.488 e. The summed E-state index contributed by atoms with van der Waals surface area (Å²) in [5, 5.41) is 3.00. The van der Waals surface area contributed by atoms with Gasteiger partial charge < -0.3 is 10.1 Å². The Bertz CT molecular complexity index is 804. The van der Waals surface area contributed by atoms with Crippen LogP contribution in [0.5, 0.6) is 5.75 Å². The van der Waals surface area contributed by atoms with Crippen molar-refractivity contribution in [1.29, 1.82) is 0 Å². The molecule has 2 heterocycles. The van der Waals surface area contributed by atoms with Gasteiger partial charge in [0.2, 0.25) is 5.91 Å². The van der Waals surface area contributed by atoms with Gasteiger partial charge in [-0.15, -0.1) is 0 Å². The highest BCUT2D eigenvalue weighted by atomic mass is 16.5. The number of hydrogen-bond acceptors (Lipinski definition) is 4. The number of rotatable bonds is 6. The second kappa shape index (κ2) is 7.85. The molecular weight excluding hydrogens is 326 g/mol. The number of hydrogen-bond donors (Lipinski definition) is 1. The van der Waals surface area contributed by atoms with Crippen molar-refractivity contribution in [2.24, 2.45) is 5.92 Å². The van der Waals surface area contributed by atoms with E-state index in [4.69, 9.17) is 4.74 Å². The van der Waals surface area contributed by atoms with E-state index in [9.17, 15) is 4.79 Å². The predicted molar refractivity (Wildman–Crippen MR) is 102 cm³/mol. The van der Waals surface area contributed by atoms with Crippen molar-refractivity contribution in [3.63, 3.8) is 0 Å². The Morgan fingerprint density at radius 2 is 2.19 bits per heavy atom. The van der Waals surface area contributed by atoms with Crippen LogP contribution in [0.1, 0.15) is 43.6 Å². The zero-order valence-corrected chi connectivity index (χ0v) is 16.0. The summed E-state index contributed by atoms with van der Waals surface area (Å²) < 4.78 is 5.98. The molecule has 2 aromatic rings. The number of nitrogens with one attached hydrogen (secondary N) is 1. The Hall–Kier alpha value is -2.43. The smallest absolute Gasteiger partial charge is 0.220 e. The lowest BCUT2D eigenvalue weighted by Gasteiger charge is -2.13. The highest BCUT2D eigenvalue weighted by Gasteiger charge is 2.24. The summed E-state index contributed by atoms with van der Waals surface area (Å²) in [6, 6.07) is 6.15. The Morgan fingerprint density at radius 1 is 1.38 bits per heavy atom. The molecule has 1 aromatic heterocycles. The second-order valence-corrected chi connectivity index (χ2v) is 7.23. The van der Waals surface area contributed by atoms with E-state index in [0.29, 0.717) is 18.9 Å². The lowest BCUT2D eigenvalue weighted by molar-refractivity contribution is -0.122. The quantitative estimate of drug-likeness (QED) is 0.861. The van der Waals surface area contributed by atoms with Gasteiger partial charge in [-0.05, 0) is 43.5 Å². The van der Waals surface area contributed by atoms with Crippen molar-refractivity contribution in [2.75, 3.05) is 6.54 Å². The number of aryl methyl sites for hydroxylation is 2. The molecule has 0 fully saturated rings. The van der Waals surface area contributed by atoms with Gasteiger partial charge in [0.1, 0.15) is 11.9 Å². The highest BCUT2D eigenvalue weighted by Crippen LogP contribution is 2.33. The first-order valence-electron chi connectivity index (χ1n) is 9.33. The molecule has 2 atom stereocenters. The maximum absolute atomic E-state index is 12.0. The summed E-state index contributed by atoms with van der Waals surface area (Å²) in [5.74, 6) is 1.41. The van der Waals surface area contributed by atoms with Crippen LogP contribution in [0.15, 0.2) is 24.4 Å². The fraction of sp³-hybridized carbons (Fsp3) is 0.476. The van der Waals surface area contributed by atoms with Crippen LogP contribution in [0, 0.1) is 19.8 Å². The summed E-state index contributed by atoms with van der Waals surface area (Å²) in [6.45, 7) is 8.67. The molecule has 1 amide bonds. The number of ether oxygens (including phenoxy) is 1. The van der Waals surface area contributed by atoms with Crippen LogP contribution in [0.3, 0.4) is 0 Å². The molecule has 26 heavy (non-hydrogen) atoms. The van der Waals surface area contributed by atoms with Crippen LogP contribution in [0.2, 0.25) is 0 Å². The van der Waals surface area contributed by atoms with Crippen LogP contribution in [-0.2, 0) is 11.2 Å². The van der Waals surface area contributed by atoms with E-state index >= 15 is 0 Å². The maximum Gasteiger partial charge on any atom is 0.220 e. The molecule has 0 saturated carbocycles. The fourth-order valence-corrected chi connectivity index (χ4v) is 3.15. The van der Waals surface area contributed by atoms with Crippen molar-refractivity contribution >= 4 is 5.91 Å². The Labute approximate surface area is 155 Å². The minimum absolute atomic E-state index is 0.00850. The summed E-state index contributed by atoms with van der Waals surface area (Å²) in [6.07, 6.45) is 4.17. The van der Waals surface area contributed by atoms with E-state index in [1.165, 1.54) is 0 Å². The van der Waals surface area contributed by atoms with E-state index in [2.05, 4.69) is 35.2 Å². The molecule has 138 valence electrons. The molecule has 1 aliphatic rings. The van der Waals surface area contributed by atoms with Gasteiger partial charge in [0.25, 0.3) is 0 Å². The molecule has 5 nitrogen and oxygen atoms in total. The first-order chi connectivity index (χ1) is 12.5. The van der Waals surface area contributed by atoms with Gasteiger partial charge in [-0.25, -0.2) is 4.98 Å². The van der Waals surface area contributed by atoms with Gasteiger partial charge in [0.15, 0.2) is 0 Å². The standard InChI is InChI=1S/C21H27N3O2/c1-5-13(2)8-20(25)23-12-18-10-17-9-16(6-7-19(17)26-18)21-15(4)22-11-14(3)24-21/h6-7,9,11,13,18H,5,8,10,12H2,1-4H3,(H,23,25)/t13-,18+/m0/s1. The van der Waals surface area contributed by atoms with Gasteiger partial charge in [0.05, 0.1) is 23.6 Å². The van der Waals surface area contributed by atoms with E-state index in [1.54, 1.807) is 6.20 Å². The lowest BCUT2D eigenvalue weighted by atomic mass is 10.0. The molecule has 0 bridgehead atoms. The predicted octanol–water partition coefficient (Wildman–Crippen LogP) is 3.62. The van der Waals surface area contributed by atoms with Crippen LogP contribution >= 0.6 is 0 Å². The maximum atomic E-state index is 12.0. The molecule has 0 spiro atoms. The topological polar surface area (TPSA) is 64.1 Å². The SMILES string of the molecule is CC[C@H](C)CC(=O)NC[C@H]1Cc2cc(-c3nc(C)cnc3C)ccc2O1. The van der Waals surface area contributed by atoms with Gasteiger partial charge in [-0.1, -0.05) is 20.3 Å². The Kier molecular flexibility index (Phi) is 5.55. The minimum Gasteiger partial charge on any atom is -0.488 e. The number of fused-ring (bicyclic) bond motifs is 1. The summed E-state index contributed by atoms with van der Waals surface area (Å²) in [5.41, 5.74) is 4.96. The Morgan fingerprint density at radius 3 is 2.96 bits per heavy atom. The number of aromatic nitrogens is 2. The van der Waals surface area contributed by atoms with Crippen molar-refractivity contribution in [1.82, 2.24) is 15.3 Å². The molecule has 0 saturated heterocycles. The molecule has 0 radical (unpaired) electrons. The van der Waals surface area contributed by atoms with Crippen LogP contribution in [0.4, 0.5) is 0 Å². The average molecular weight is 353 g/mol. The number of carbonyl (C=O) groups excluding carboxylic acids is 1. The van der Waals surface area contributed by atoms with Gasteiger partial charge in [-0.3, -0.25) is 9.78 Å². The number of carbonyl (C=O) groups is 1. The van der Waals surface area contributed by atoms with Crippen molar-refractivity contribution in [2.45, 2.75) is 53.1 Å².